The van der Waals surface area contributed by atoms with Crippen LogP contribution in [0.2, 0.25) is 5.02 Å². The number of hydrogen-bond donors (Lipinski definition) is 3. The summed E-state index contributed by atoms with van der Waals surface area (Å²) in [5.41, 5.74) is 6.26. The number of carbonyl (C=O) groups excluding carboxylic acids is 1. The molecule has 1 saturated heterocycles. The van der Waals surface area contributed by atoms with Crippen molar-refractivity contribution in [2.75, 3.05) is 25.4 Å². The molecule has 1 aromatic carbocycles. The second-order valence-electron chi connectivity index (χ2n) is 9.18. The third kappa shape index (κ3) is 5.91. The predicted octanol–water partition coefficient (Wildman–Crippen LogP) is 3.97. The Bertz CT molecular complexity index is 1030. The first kappa shape index (κ1) is 24.7. The molecule has 3 rings (SSSR count). The van der Waals surface area contributed by atoms with Gasteiger partial charge in [0.25, 0.3) is 5.91 Å². The van der Waals surface area contributed by atoms with Crippen molar-refractivity contribution < 1.29 is 23.8 Å². The maximum Gasteiger partial charge on any atom is 0.407 e. The third-order valence-electron chi connectivity index (χ3n) is 5.67. The molecule has 0 spiro atoms. The number of aromatic nitrogens is 1. The molecule has 178 valence electrons. The van der Waals surface area contributed by atoms with Crippen LogP contribution in [0, 0.1) is 17.2 Å². The molecule has 1 aliphatic rings. The number of halogens is 2. The van der Waals surface area contributed by atoms with Gasteiger partial charge in [-0.15, -0.1) is 0 Å². The van der Waals surface area contributed by atoms with Crippen molar-refractivity contribution in [1.29, 1.82) is 0 Å². The second-order valence-corrected chi connectivity index (χ2v) is 9.59. The number of nitrogen functional groups attached to an aromatic ring is 1. The number of anilines is 1. The normalized spacial score (nSPS) is 21.4. The van der Waals surface area contributed by atoms with Gasteiger partial charge >= 0.3 is 6.09 Å². The molecule has 2 aromatic rings. The van der Waals surface area contributed by atoms with Gasteiger partial charge in [-0.2, -0.15) is 0 Å². The molecule has 4 N–H and O–H groups in total. The van der Waals surface area contributed by atoms with E-state index in [0.717, 1.165) is 0 Å². The Balaban J connectivity index is 1.94. The largest absolute Gasteiger partial charge is 0.465 e. The van der Waals surface area contributed by atoms with Gasteiger partial charge in [0.15, 0.2) is 5.69 Å². The summed E-state index contributed by atoms with van der Waals surface area (Å²) in [5.74, 6) is -1.61. The lowest BCUT2D eigenvalue weighted by atomic mass is 9.88. The topological polar surface area (TPSA) is 118 Å². The fraction of sp³-hybridized carbons (Fsp3) is 0.435. The van der Waals surface area contributed by atoms with Crippen molar-refractivity contribution in [3.8, 4) is 0 Å². The van der Waals surface area contributed by atoms with E-state index in [4.69, 9.17) is 22.1 Å². The first-order chi connectivity index (χ1) is 15.5. The highest BCUT2D eigenvalue weighted by atomic mass is 35.5. The number of carbonyl (C=O) groups is 2. The number of nitrogens with two attached hydrogens (primary N) is 1. The van der Waals surface area contributed by atoms with Gasteiger partial charge < -0.3 is 25.8 Å². The molecule has 0 aliphatic carbocycles. The predicted molar refractivity (Wildman–Crippen MR) is 123 cm³/mol. The molecule has 0 bridgehead atoms. The standard InChI is InChI=1S/C23H28ClFN4O4/c1-23(2,3)18-12-29(22(31)32)11-14(10-28-21(30)19-17(26)5-4-8-27-19)20(33-18)13-6-7-15(24)16(25)9-13/h4-9,14,18,20H,10-12,26H2,1-3H3,(H,28,30)(H,31,32)/t14-,18?,20+/m1/s1. The smallest absolute Gasteiger partial charge is 0.407 e. The number of nitrogens with one attached hydrogen (secondary N) is 1. The molecule has 33 heavy (non-hydrogen) atoms. The zero-order valence-electron chi connectivity index (χ0n) is 18.7. The fourth-order valence-corrected chi connectivity index (χ4v) is 3.86. The number of benzene rings is 1. The van der Waals surface area contributed by atoms with Gasteiger partial charge in [0.1, 0.15) is 5.82 Å². The molecule has 3 atom stereocenters. The second kappa shape index (κ2) is 9.93. The number of pyridine rings is 1. The number of hydrogen-bond acceptors (Lipinski definition) is 5. The van der Waals surface area contributed by atoms with E-state index in [9.17, 15) is 19.1 Å². The van der Waals surface area contributed by atoms with Crippen LogP contribution >= 0.6 is 11.6 Å². The molecule has 0 saturated carbocycles. The summed E-state index contributed by atoms with van der Waals surface area (Å²) in [7, 11) is 0. The maximum absolute atomic E-state index is 14.3. The van der Waals surface area contributed by atoms with Gasteiger partial charge in [-0.1, -0.05) is 38.4 Å². The molecular formula is C23H28ClFN4O4. The van der Waals surface area contributed by atoms with E-state index in [1.54, 1.807) is 18.2 Å². The number of ether oxygens (including phenoxy) is 1. The van der Waals surface area contributed by atoms with Gasteiger partial charge in [-0.25, -0.2) is 14.2 Å². The minimum Gasteiger partial charge on any atom is -0.465 e. The number of carboxylic acid groups (broad SMARTS) is 1. The molecule has 1 unspecified atom stereocenters. The van der Waals surface area contributed by atoms with E-state index < -0.39 is 41.4 Å². The van der Waals surface area contributed by atoms with E-state index in [1.165, 1.54) is 23.2 Å². The zero-order valence-corrected chi connectivity index (χ0v) is 19.5. The van der Waals surface area contributed by atoms with Gasteiger partial charge in [-0.3, -0.25) is 4.79 Å². The number of rotatable bonds is 4. The SMILES string of the molecule is CC(C)(C)C1CN(C(=O)O)C[C@@H](CNC(=O)c2ncccc2N)[C@H](c2ccc(Cl)c(F)c2)O1. The van der Waals surface area contributed by atoms with Crippen LogP contribution in [0.1, 0.15) is 42.9 Å². The molecule has 0 radical (unpaired) electrons. The van der Waals surface area contributed by atoms with E-state index >= 15 is 0 Å². The summed E-state index contributed by atoms with van der Waals surface area (Å²) in [5, 5.41) is 12.5. The average Bonchev–Trinajstić information content (AvgIpc) is 2.94. The lowest BCUT2D eigenvalue weighted by Crippen LogP contribution is -2.42. The van der Waals surface area contributed by atoms with Crippen molar-refractivity contribution in [3.05, 3.63) is 58.6 Å². The maximum atomic E-state index is 14.3. The van der Waals surface area contributed by atoms with E-state index in [1.807, 2.05) is 20.8 Å². The summed E-state index contributed by atoms with van der Waals surface area (Å²) in [6.07, 6.45) is -0.795. The van der Waals surface area contributed by atoms with Crippen molar-refractivity contribution >= 4 is 29.3 Å². The molecule has 1 aliphatic heterocycles. The Labute approximate surface area is 196 Å². The first-order valence-corrected chi connectivity index (χ1v) is 10.9. The summed E-state index contributed by atoms with van der Waals surface area (Å²) in [6.45, 7) is 6.12. The lowest BCUT2D eigenvalue weighted by Gasteiger charge is -2.34. The Hall–Kier alpha value is -2.91. The van der Waals surface area contributed by atoms with Crippen molar-refractivity contribution in [2.24, 2.45) is 11.3 Å². The molecule has 2 amide bonds. The van der Waals surface area contributed by atoms with Crippen LogP contribution in [0.3, 0.4) is 0 Å². The average molecular weight is 479 g/mol. The Morgan fingerprint density at radius 1 is 1.33 bits per heavy atom. The van der Waals surface area contributed by atoms with Crippen molar-refractivity contribution in [2.45, 2.75) is 33.0 Å². The van der Waals surface area contributed by atoms with Gasteiger partial charge in [0.05, 0.1) is 29.5 Å². The minimum absolute atomic E-state index is 0.0256. The fourth-order valence-electron chi connectivity index (χ4n) is 3.75. The highest BCUT2D eigenvalue weighted by Crippen LogP contribution is 2.37. The third-order valence-corrected chi connectivity index (χ3v) is 5.97. The summed E-state index contributed by atoms with van der Waals surface area (Å²) >= 11 is 5.86. The van der Waals surface area contributed by atoms with Gasteiger partial charge in [0, 0.05) is 25.2 Å². The molecular weight excluding hydrogens is 451 g/mol. The Kier molecular flexibility index (Phi) is 7.44. The highest BCUT2D eigenvalue weighted by Gasteiger charge is 2.40. The van der Waals surface area contributed by atoms with Gasteiger partial charge in [0.2, 0.25) is 0 Å². The van der Waals surface area contributed by atoms with Crippen LogP contribution in [0.5, 0.6) is 0 Å². The Morgan fingerprint density at radius 3 is 2.67 bits per heavy atom. The Morgan fingerprint density at radius 2 is 2.06 bits per heavy atom. The molecule has 10 heteroatoms. The summed E-state index contributed by atoms with van der Waals surface area (Å²) in [4.78, 5) is 29.9. The van der Waals surface area contributed by atoms with Gasteiger partial charge in [-0.05, 0) is 35.2 Å². The monoisotopic (exact) mass is 478 g/mol. The number of amides is 2. The van der Waals surface area contributed by atoms with Crippen molar-refractivity contribution in [3.63, 3.8) is 0 Å². The lowest BCUT2D eigenvalue weighted by molar-refractivity contribution is -0.0764. The van der Waals surface area contributed by atoms with E-state index in [-0.39, 0.29) is 36.0 Å². The first-order valence-electron chi connectivity index (χ1n) is 10.5. The van der Waals surface area contributed by atoms with Crippen LogP contribution in [-0.2, 0) is 4.74 Å². The summed E-state index contributed by atoms with van der Waals surface area (Å²) < 4.78 is 20.7. The van der Waals surface area contributed by atoms with E-state index in [0.29, 0.717) is 5.56 Å². The zero-order chi connectivity index (χ0) is 24.3. The van der Waals surface area contributed by atoms with Crippen molar-refractivity contribution in [1.82, 2.24) is 15.2 Å². The number of nitrogens with zero attached hydrogens (tertiary/aromatic N) is 2. The molecule has 8 nitrogen and oxygen atoms in total. The molecule has 1 aromatic heterocycles. The minimum atomic E-state index is -1.10. The van der Waals surface area contributed by atoms with E-state index in [2.05, 4.69) is 10.3 Å². The van der Waals surface area contributed by atoms with Crippen LogP contribution < -0.4 is 11.1 Å². The highest BCUT2D eigenvalue weighted by molar-refractivity contribution is 6.30. The molecule has 2 heterocycles. The molecule has 1 fully saturated rings. The van der Waals surface area contributed by atoms with Crippen LogP contribution in [0.25, 0.3) is 0 Å². The quantitative estimate of drug-likeness (QED) is 0.612. The van der Waals surface area contributed by atoms with Crippen LogP contribution in [0.4, 0.5) is 14.9 Å². The van der Waals surface area contributed by atoms with Crippen LogP contribution in [-0.4, -0.2) is 52.7 Å². The summed E-state index contributed by atoms with van der Waals surface area (Å²) in [6, 6.07) is 7.56. The van der Waals surface area contributed by atoms with Crippen LogP contribution in [0.15, 0.2) is 36.5 Å².